The average molecular weight is 386 g/mol. The van der Waals surface area contributed by atoms with Gasteiger partial charge in [0.1, 0.15) is 5.69 Å². The van der Waals surface area contributed by atoms with Crippen molar-refractivity contribution in [2.75, 3.05) is 11.9 Å². The molecule has 0 aliphatic rings. The van der Waals surface area contributed by atoms with E-state index in [9.17, 15) is 4.79 Å². The molecule has 0 aliphatic heterocycles. The average Bonchev–Trinajstić information content (AvgIpc) is 2.89. The summed E-state index contributed by atoms with van der Waals surface area (Å²) in [5.41, 5.74) is 7.83. The molecule has 0 saturated carbocycles. The molecule has 0 radical (unpaired) electrons. The zero-order chi connectivity index (χ0) is 17.0. The molecule has 0 saturated heterocycles. The molecule has 132 valence electrons. The summed E-state index contributed by atoms with van der Waals surface area (Å²) in [6, 6.07) is 6.10. The number of anilines is 1. The van der Waals surface area contributed by atoms with Crippen molar-refractivity contribution in [3.05, 3.63) is 39.8 Å². The number of halogens is 1. The fourth-order valence-electron chi connectivity index (χ4n) is 2.03. The predicted molar refractivity (Wildman–Crippen MR) is 107 cm³/mol. The largest absolute Gasteiger partial charge is 0.330 e. The second-order valence-corrected chi connectivity index (χ2v) is 9.15. The number of thioether (sulfide) groups is 1. The summed E-state index contributed by atoms with van der Waals surface area (Å²) in [4.78, 5) is 17.8. The van der Waals surface area contributed by atoms with Crippen molar-refractivity contribution in [2.24, 2.45) is 5.73 Å². The monoisotopic (exact) mass is 385 g/mol. The van der Waals surface area contributed by atoms with Crippen LogP contribution in [-0.2, 0) is 6.42 Å². The number of nitrogens with zero attached hydrogens (tertiary/aromatic N) is 1. The number of amides is 1. The van der Waals surface area contributed by atoms with Gasteiger partial charge in [-0.25, -0.2) is 4.98 Å². The van der Waals surface area contributed by atoms with Gasteiger partial charge in [-0.2, -0.15) is 0 Å². The second kappa shape index (κ2) is 8.85. The first kappa shape index (κ1) is 21.0. The number of aryl methyl sites for hydroxylation is 1. The molecule has 0 unspecified atom stereocenters. The van der Waals surface area contributed by atoms with Crippen LogP contribution < -0.4 is 11.1 Å². The summed E-state index contributed by atoms with van der Waals surface area (Å²) in [6.45, 7) is 9.10. The molecule has 7 heteroatoms. The third kappa shape index (κ3) is 6.09. The van der Waals surface area contributed by atoms with Crippen molar-refractivity contribution in [3.63, 3.8) is 0 Å². The molecule has 1 aromatic carbocycles. The SMILES string of the molecule is Cc1cc(SC(C)(C)C)ccc1NC(=O)c1csc(CCN)n1.Cl. The highest BCUT2D eigenvalue weighted by Crippen LogP contribution is 2.33. The number of nitrogens with one attached hydrogen (secondary N) is 1. The molecule has 0 spiro atoms. The highest BCUT2D eigenvalue weighted by Gasteiger charge is 2.15. The van der Waals surface area contributed by atoms with E-state index in [1.165, 1.54) is 16.2 Å². The van der Waals surface area contributed by atoms with E-state index in [0.29, 0.717) is 18.7 Å². The van der Waals surface area contributed by atoms with E-state index < -0.39 is 0 Å². The van der Waals surface area contributed by atoms with Crippen molar-refractivity contribution in [2.45, 2.75) is 43.8 Å². The maximum atomic E-state index is 12.3. The number of rotatable bonds is 5. The van der Waals surface area contributed by atoms with Crippen LogP contribution in [0.25, 0.3) is 0 Å². The van der Waals surface area contributed by atoms with Crippen LogP contribution in [0.15, 0.2) is 28.5 Å². The van der Waals surface area contributed by atoms with Crippen LogP contribution in [0, 0.1) is 6.92 Å². The van der Waals surface area contributed by atoms with E-state index in [1.54, 1.807) is 5.38 Å². The topological polar surface area (TPSA) is 68.0 Å². The molecule has 0 fully saturated rings. The number of carbonyl (C=O) groups is 1. The van der Waals surface area contributed by atoms with E-state index in [4.69, 9.17) is 5.73 Å². The van der Waals surface area contributed by atoms with Gasteiger partial charge < -0.3 is 11.1 Å². The zero-order valence-corrected chi connectivity index (χ0v) is 16.8. The number of benzene rings is 1. The van der Waals surface area contributed by atoms with Gasteiger partial charge in [0, 0.05) is 27.1 Å². The van der Waals surface area contributed by atoms with Crippen LogP contribution in [0.1, 0.15) is 41.8 Å². The first-order chi connectivity index (χ1) is 10.8. The molecule has 4 nitrogen and oxygen atoms in total. The quantitative estimate of drug-likeness (QED) is 0.742. The number of aromatic nitrogens is 1. The summed E-state index contributed by atoms with van der Waals surface area (Å²) < 4.78 is 0.164. The smallest absolute Gasteiger partial charge is 0.275 e. The lowest BCUT2D eigenvalue weighted by molar-refractivity contribution is 0.102. The number of hydrogen-bond donors (Lipinski definition) is 2. The Bertz CT molecular complexity index is 695. The lowest BCUT2D eigenvalue weighted by atomic mass is 10.2. The molecular weight excluding hydrogens is 362 g/mol. The lowest BCUT2D eigenvalue weighted by Crippen LogP contribution is -2.14. The predicted octanol–water partition coefficient (Wildman–Crippen LogP) is 4.52. The first-order valence-corrected chi connectivity index (χ1v) is 9.23. The Morgan fingerprint density at radius 2 is 2.08 bits per heavy atom. The van der Waals surface area contributed by atoms with E-state index >= 15 is 0 Å². The molecule has 1 aromatic heterocycles. The van der Waals surface area contributed by atoms with E-state index in [-0.39, 0.29) is 23.1 Å². The summed E-state index contributed by atoms with van der Waals surface area (Å²) in [6.07, 6.45) is 0.704. The van der Waals surface area contributed by atoms with Gasteiger partial charge >= 0.3 is 0 Å². The van der Waals surface area contributed by atoms with Crippen molar-refractivity contribution >= 4 is 47.1 Å². The number of nitrogens with two attached hydrogens (primary N) is 1. The Morgan fingerprint density at radius 1 is 1.38 bits per heavy atom. The standard InChI is InChI=1S/C17H23N3OS2.ClH/c1-11-9-12(23-17(2,3)4)5-6-13(11)20-16(21)14-10-22-15(19-14)7-8-18;/h5-6,9-10H,7-8,18H2,1-4H3,(H,20,21);1H. The minimum atomic E-state index is -0.177. The number of thiazole rings is 1. The Morgan fingerprint density at radius 3 is 2.67 bits per heavy atom. The van der Waals surface area contributed by atoms with Gasteiger partial charge in [0.2, 0.25) is 0 Å². The maximum absolute atomic E-state index is 12.3. The Kier molecular flexibility index (Phi) is 7.73. The van der Waals surface area contributed by atoms with E-state index in [2.05, 4.69) is 37.1 Å². The molecule has 1 amide bonds. The van der Waals surface area contributed by atoms with Gasteiger partial charge in [-0.15, -0.1) is 35.5 Å². The lowest BCUT2D eigenvalue weighted by Gasteiger charge is -2.18. The second-order valence-electron chi connectivity index (χ2n) is 6.31. The minimum absolute atomic E-state index is 0. The Labute approximate surface area is 158 Å². The number of carbonyl (C=O) groups excluding carboxylic acids is 1. The minimum Gasteiger partial charge on any atom is -0.330 e. The van der Waals surface area contributed by atoms with Crippen LogP contribution in [0.3, 0.4) is 0 Å². The normalized spacial score (nSPS) is 11.0. The van der Waals surface area contributed by atoms with Crippen molar-refractivity contribution < 1.29 is 4.79 Å². The van der Waals surface area contributed by atoms with Gasteiger partial charge in [-0.1, -0.05) is 20.8 Å². The summed E-state index contributed by atoms with van der Waals surface area (Å²) in [7, 11) is 0. The third-order valence-electron chi connectivity index (χ3n) is 3.01. The van der Waals surface area contributed by atoms with E-state index in [1.807, 2.05) is 30.8 Å². The molecule has 0 atom stereocenters. The Balaban J connectivity index is 0.00000288. The van der Waals surface area contributed by atoms with Crippen molar-refractivity contribution in [3.8, 4) is 0 Å². The maximum Gasteiger partial charge on any atom is 0.275 e. The van der Waals surface area contributed by atoms with Gasteiger partial charge in [0.25, 0.3) is 5.91 Å². The molecule has 1 heterocycles. The van der Waals surface area contributed by atoms with Crippen LogP contribution in [0.5, 0.6) is 0 Å². The van der Waals surface area contributed by atoms with Crippen LogP contribution >= 0.6 is 35.5 Å². The fourth-order valence-corrected chi connectivity index (χ4v) is 3.91. The fraction of sp³-hybridized carbons (Fsp3) is 0.412. The van der Waals surface area contributed by atoms with Crippen molar-refractivity contribution in [1.29, 1.82) is 0 Å². The molecule has 3 N–H and O–H groups in total. The van der Waals surface area contributed by atoms with Crippen LogP contribution in [0.2, 0.25) is 0 Å². The highest BCUT2D eigenvalue weighted by molar-refractivity contribution is 8.00. The Hall–Kier alpha value is -1.08. The van der Waals surface area contributed by atoms with E-state index in [0.717, 1.165) is 16.3 Å². The van der Waals surface area contributed by atoms with Gasteiger partial charge in [-0.3, -0.25) is 4.79 Å². The molecule has 2 aromatic rings. The summed E-state index contributed by atoms with van der Waals surface area (Å²) in [5.74, 6) is -0.177. The first-order valence-electron chi connectivity index (χ1n) is 7.54. The highest BCUT2D eigenvalue weighted by atomic mass is 35.5. The van der Waals surface area contributed by atoms with Crippen LogP contribution in [-0.4, -0.2) is 22.2 Å². The molecule has 2 rings (SSSR count). The molecule has 24 heavy (non-hydrogen) atoms. The van der Waals surface area contributed by atoms with Gasteiger partial charge in [0.05, 0.1) is 5.01 Å². The molecule has 0 aliphatic carbocycles. The number of hydrogen-bond acceptors (Lipinski definition) is 5. The van der Waals surface area contributed by atoms with Gasteiger partial charge in [0.15, 0.2) is 0 Å². The molecular formula is C17H24ClN3OS2. The van der Waals surface area contributed by atoms with Gasteiger partial charge in [-0.05, 0) is 37.2 Å². The molecule has 0 bridgehead atoms. The van der Waals surface area contributed by atoms with Crippen molar-refractivity contribution in [1.82, 2.24) is 4.98 Å². The van der Waals surface area contributed by atoms with Crippen LogP contribution in [0.4, 0.5) is 5.69 Å². The third-order valence-corrected chi connectivity index (χ3v) is 5.02. The summed E-state index contributed by atoms with van der Waals surface area (Å²) >= 11 is 3.28. The summed E-state index contributed by atoms with van der Waals surface area (Å²) in [5, 5.41) is 5.61. The zero-order valence-electron chi connectivity index (χ0n) is 14.4.